The van der Waals surface area contributed by atoms with Crippen molar-refractivity contribution in [1.29, 1.82) is 0 Å². The van der Waals surface area contributed by atoms with Gasteiger partial charge in [0, 0.05) is 23.4 Å². The van der Waals surface area contributed by atoms with E-state index in [0.717, 1.165) is 5.75 Å². The standard InChI is InChI=1S/C10H15NOS/c1-8-3-10(5-11-4-8)7-13-9(2)6-12/h3-5,9,12H,6-7H2,1-2H3. The summed E-state index contributed by atoms with van der Waals surface area (Å²) >= 11 is 1.75. The van der Waals surface area contributed by atoms with E-state index in [0.29, 0.717) is 5.25 Å². The van der Waals surface area contributed by atoms with E-state index < -0.39 is 0 Å². The second kappa shape index (κ2) is 5.25. The molecule has 1 heterocycles. The normalized spacial score (nSPS) is 12.8. The minimum absolute atomic E-state index is 0.240. The molecule has 13 heavy (non-hydrogen) atoms. The molecule has 2 nitrogen and oxygen atoms in total. The highest BCUT2D eigenvalue weighted by Crippen LogP contribution is 2.16. The van der Waals surface area contributed by atoms with Crippen molar-refractivity contribution in [1.82, 2.24) is 4.98 Å². The lowest BCUT2D eigenvalue weighted by Crippen LogP contribution is -2.02. The number of aryl methyl sites for hydroxylation is 1. The van der Waals surface area contributed by atoms with Gasteiger partial charge in [-0.05, 0) is 18.1 Å². The van der Waals surface area contributed by atoms with Crippen LogP contribution in [0.4, 0.5) is 0 Å². The Labute approximate surface area is 83.4 Å². The van der Waals surface area contributed by atoms with E-state index in [4.69, 9.17) is 5.11 Å². The van der Waals surface area contributed by atoms with Gasteiger partial charge in [-0.25, -0.2) is 0 Å². The molecular weight excluding hydrogens is 182 g/mol. The van der Waals surface area contributed by atoms with Crippen LogP contribution in [0, 0.1) is 6.92 Å². The fraction of sp³-hybridized carbons (Fsp3) is 0.500. The van der Waals surface area contributed by atoms with Crippen molar-refractivity contribution >= 4 is 11.8 Å². The van der Waals surface area contributed by atoms with Gasteiger partial charge in [-0.3, -0.25) is 4.98 Å². The van der Waals surface area contributed by atoms with Crippen LogP contribution < -0.4 is 0 Å². The minimum Gasteiger partial charge on any atom is -0.395 e. The van der Waals surface area contributed by atoms with Crippen LogP contribution in [0.15, 0.2) is 18.5 Å². The smallest absolute Gasteiger partial charge is 0.0547 e. The van der Waals surface area contributed by atoms with Gasteiger partial charge in [0.15, 0.2) is 0 Å². The van der Waals surface area contributed by atoms with E-state index in [9.17, 15) is 0 Å². The predicted molar refractivity (Wildman–Crippen MR) is 56.8 cm³/mol. The summed E-state index contributed by atoms with van der Waals surface area (Å²) in [6, 6.07) is 2.13. The van der Waals surface area contributed by atoms with Crippen LogP contribution in [0.3, 0.4) is 0 Å². The van der Waals surface area contributed by atoms with Crippen molar-refractivity contribution in [2.24, 2.45) is 0 Å². The second-order valence-electron chi connectivity index (χ2n) is 3.17. The van der Waals surface area contributed by atoms with Crippen molar-refractivity contribution in [3.05, 3.63) is 29.6 Å². The Morgan fingerprint density at radius 3 is 2.92 bits per heavy atom. The summed E-state index contributed by atoms with van der Waals surface area (Å²) in [5.41, 5.74) is 2.42. The van der Waals surface area contributed by atoms with Crippen LogP contribution in [0.1, 0.15) is 18.1 Å². The Hall–Kier alpha value is -0.540. The van der Waals surface area contributed by atoms with Gasteiger partial charge in [-0.2, -0.15) is 11.8 Å². The van der Waals surface area contributed by atoms with Gasteiger partial charge < -0.3 is 5.11 Å². The lowest BCUT2D eigenvalue weighted by Gasteiger charge is -2.07. The Balaban J connectivity index is 2.45. The molecule has 1 N–H and O–H groups in total. The molecule has 0 aliphatic carbocycles. The first-order chi connectivity index (χ1) is 6.22. The third-order valence-electron chi connectivity index (χ3n) is 1.72. The summed E-state index contributed by atoms with van der Waals surface area (Å²) in [6.45, 7) is 4.30. The van der Waals surface area contributed by atoms with Gasteiger partial charge in [0.05, 0.1) is 6.61 Å². The highest BCUT2D eigenvalue weighted by atomic mass is 32.2. The van der Waals surface area contributed by atoms with Crippen LogP contribution in [-0.4, -0.2) is 21.9 Å². The quantitative estimate of drug-likeness (QED) is 0.801. The summed E-state index contributed by atoms with van der Waals surface area (Å²) in [7, 11) is 0. The molecule has 0 saturated heterocycles. The first-order valence-corrected chi connectivity index (χ1v) is 5.40. The predicted octanol–water partition coefficient (Wildman–Crippen LogP) is 2.00. The van der Waals surface area contributed by atoms with Crippen LogP contribution in [0.25, 0.3) is 0 Å². The third-order valence-corrected chi connectivity index (χ3v) is 2.94. The van der Waals surface area contributed by atoms with Crippen LogP contribution in [0.5, 0.6) is 0 Å². The molecule has 0 aliphatic heterocycles. The molecule has 1 unspecified atom stereocenters. The van der Waals surface area contributed by atoms with E-state index in [1.54, 1.807) is 11.8 Å². The summed E-state index contributed by atoms with van der Waals surface area (Å²) in [5.74, 6) is 0.927. The number of pyridine rings is 1. The summed E-state index contributed by atoms with van der Waals surface area (Å²) in [6.07, 6.45) is 3.73. The van der Waals surface area contributed by atoms with E-state index in [1.165, 1.54) is 11.1 Å². The van der Waals surface area contributed by atoms with Gasteiger partial charge in [0.2, 0.25) is 0 Å². The Kier molecular flexibility index (Phi) is 4.25. The molecule has 0 aliphatic rings. The number of thioether (sulfide) groups is 1. The topological polar surface area (TPSA) is 33.1 Å². The number of hydrogen-bond donors (Lipinski definition) is 1. The van der Waals surface area contributed by atoms with Gasteiger partial charge in [0.25, 0.3) is 0 Å². The van der Waals surface area contributed by atoms with Gasteiger partial charge in [0.1, 0.15) is 0 Å². The molecule has 0 bridgehead atoms. The molecule has 0 amide bonds. The SMILES string of the molecule is Cc1cncc(CSC(C)CO)c1. The lowest BCUT2D eigenvalue weighted by molar-refractivity contribution is 0.300. The van der Waals surface area contributed by atoms with Crippen molar-refractivity contribution in [3.63, 3.8) is 0 Å². The molecule has 1 atom stereocenters. The molecule has 0 saturated carbocycles. The number of nitrogens with zero attached hydrogens (tertiary/aromatic N) is 1. The van der Waals surface area contributed by atoms with E-state index >= 15 is 0 Å². The number of aliphatic hydroxyl groups is 1. The minimum atomic E-state index is 0.240. The zero-order valence-electron chi connectivity index (χ0n) is 8.03. The summed E-state index contributed by atoms with van der Waals surface area (Å²) in [4.78, 5) is 4.11. The fourth-order valence-corrected chi connectivity index (χ4v) is 1.73. The maximum absolute atomic E-state index is 8.83. The maximum atomic E-state index is 8.83. The first kappa shape index (κ1) is 10.5. The fourth-order valence-electron chi connectivity index (χ4n) is 0.988. The second-order valence-corrected chi connectivity index (χ2v) is 4.60. The van der Waals surface area contributed by atoms with Gasteiger partial charge >= 0.3 is 0 Å². The third kappa shape index (κ3) is 3.79. The average Bonchev–Trinajstić information content (AvgIpc) is 2.14. The molecule has 0 spiro atoms. The molecule has 1 aromatic heterocycles. The van der Waals surface area contributed by atoms with Gasteiger partial charge in [-0.15, -0.1) is 0 Å². The average molecular weight is 197 g/mol. The van der Waals surface area contributed by atoms with Gasteiger partial charge in [-0.1, -0.05) is 13.0 Å². The Morgan fingerprint density at radius 1 is 1.54 bits per heavy atom. The molecule has 1 aromatic rings. The van der Waals surface area contributed by atoms with Crippen molar-refractivity contribution in [2.45, 2.75) is 24.9 Å². The zero-order valence-corrected chi connectivity index (χ0v) is 8.84. The largest absolute Gasteiger partial charge is 0.395 e. The molecule has 0 fully saturated rings. The van der Waals surface area contributed by atoms with Crippen molar-refractivity contribution in [2.75, 3.05) is 6.61 Å². The number of aromatic nitrogens is 1. The summed E-state index contributed by atoms with van der Waals surface area (Å²) in [5, 5.41) is 9.14. The zero-order chi connectivity index (χ0) is 9.68. The Bertz CT molecular complexity index is 265. The number of aliphatic hydroxyl groups excluding tert-OH is 1. The number of hydrogen-bond acceptors (Lipinski definition) is 3. The van der Waals surface area contributed by atoms with E-state index in [-0.39, 0.29) is 6.61 Å². The van der Waals surface area contributed by atoms with Crippen molar-refractivity contribution < 1.29 is 5.11 Å². The van der Waals surface area contributed by atoms with Crippen molar-refractivity contribution in [3.8, 4) is 0 Å². The van der Waals surface area contributed by atoms with Crippen LogP contribution in [-0.2, 0) is 5.75 Å². The van der Waals surface area contributed by atoms with Crippen LogP contribution in [0.2, 0.25) is 0 Å². The molecular formula is C10H15NOS. The molecule has 0 radical (unpaired) electrons. The van der Waals surface area contributed by atoms with E-state index in [1.807, 2.05) is 26.2 Å². The number of rotatable bonds is 4. The monoisotopic (exact) mass is 197 g/mol. The molecule has 0 aromatic carbocycles. The summed E-state index contributed by atoms with van der Waals surface area (Å²) < 4.78 is 0. The van der Waals surface area contributed by atoms with E-state index in [2.05, 4.69) is 11.1 Å². The maximum Gasteiger partial charge on any atom is 0.0547 e. The highest BCUT2D eigenvalue weighted by molar-refractivity contribution is 7.99. The molecule has 1 rings (SSSR count). The Morgan fingerprint density at radius 2 is 2.31 bits per heavy atom. The highest BCUT2D eigenvalue weighted by Gasteiger charge is 2.01. The molecule has 72 valence electrons. The lowest BCUT2D eigenvalue weighted by atomic mass is 10.2. The first-order valence-electron chi connectivity index (χ1n) is 4.35. The van der Waals surface area contributed by atoms with Crippen LogP contribution >= 0.6 is 11.8 Å². The molecule has 3 heteroatoms.